The molecule has 1 aliphatic carbocycles. The van der Waals surface area contributed by atoms with E-state index in [0.29, 0.717) is 6.04 Å². The number of pyridine rings is 1. The number of hydrogen-bond acceptors (Lipinski definition) is 2. The van der Waals surface area contributed by atoms with E-state index in [0.717, 1.165) is 22.2 Å². The van der Waals surface area contributed by atoms with Crippen LogP contribution in [-0.2, 0) is 0 Å². The predicted molar refractivity (Wildman–Crippen MR) is 75.5 cm³/mol. The first-order chi connectivity index (χ1) is 7.72. The van der Waals surface area contributed by atoms with E-state index in [4.69, 9.17) is 0 Å². The van der Waals surface area contributed by atoms with Gasteiger partial charge in [-0.15, -0.1) is 0 Å². The molecule has 0 atom stereocenters. The van der Waals surface area contributed by atoms with E-state index in [1.807, 2.05) is 6.20 Å². The molecule has 0 amide bonds. The van der Waals surface area contributed by atoms with E-state index in [2.05, 4.69) is 54.7 Å². The molecule has 0 N–H and O–H groups in total. The number of nitrogens with zero attached hydrogens (tertiary/aromatic N) is 2. The van der Waals surface area contributed by atoms with Gasteiger partial charge in [0.05, 0.1) is 0 Å². The molecule has 1 saturated carbocycles. The van der Waals surface area contributed by atoms with Crippen LogP contribution in [0.25, 0.3) is 0 Å². The van der Waals surface area contributed by atoms with Crippen LogP contribution >= 0.6 is 31.9 Å². The molecule has 1 fully saturated rings. The van der Waals surface area contributed by atoms with Crippen molar-refractivity contribution in [3.8, 4) is 0 Å². The molecular weight excluding hydrogens is 332 g/mol. The zero-order chi connectivity index (χ0) is 11.5. The molecule has 0 bridgehead atoms. The van der Waals surface area contributed by atoms with Gasteiger partial charge in [-0.05, 0) is 53.7 Å². The van der Waals surface area contributed by atoms with Crippen molar-refractivity contribution in [2.24, 2.45) is 0 Å². The second-order valence-electron chi connectivity index (χ2n) is 4.26. The van der Waals surface area contributed by atoms with Crippen molar-refractivity contribution in [1.82, 2.24) is 4.98 Å². The Bertz CT molecular complexity index is 364. The van der Waals surface area contributed by atoms with Crippen molar-refractivity contribution in [3.05, 3.63) is 22.3 Å². The first-order valence-corrected chi connectivity index (χ1v) is 7.58. The first kappa shape index (κ1) is 12.4. The summed E-state index contributed by atoms with van der Waals surface area (Å²) in [5.41, 5.74) is 1.25. The van der Waals surface area contributed by atoms with Crippen LogP contribution in [0.5, 0.6) is 0 Å². The van der Waals surface area contributed by atoms with Crippen LogP contribution in [-0.4, -0.2) is 22.9 Å². The minimum absolute atomic E-state index is 0.699. The third-order valence-corrected chi connectivity index (χ3v) is 3.92. The summed E-state index contributed by atoms with van der Waals surface area (Å²) < 4.78 is 1.06. The summed E-state index contributed by atoms with van der Waals surface area (Å²) in [5, 5.41) is 1.00. The van der Waals surface area contributed by atoms with E-state index < -0.39 is 0 Å². The SMILES string of the molecule is Cc1cc(Br)cnc1N(CCBr)C1CCC1. The van der Waals surface area contributed by atoms with Crippen molar-refractivity contribution in [1.29, 1.82) is 0 Å². The molecule has 16 heavy (non-hydrogen) atoms. The molecule has 88 valence electrons. The fourth-order valence-corrected chi connectivity index (χ4v) is 2.91. The number of anilines is 1. The molecule has 1 aromatic rings. The maximum Gasteiger partial charge on any atom is 0.131 e. The van der Waals surface area contributed by atoms with Gasteiger partial charge >= 0.3 is 0 Å². The third-order valence-electron chi connectivity index (χ3n) is 3.13. The largest absolute Gasteiger partial charge is 0.353 e. The molecule has 0 saturated heterocycles. The van der Waals surface area contributed by atoms with Gasteiger partial charge in [0.1, 0.15) is 5.82 Å². The standard InChI is InChI=1S/C12H16Br2N2/c1-9-7-10(14)8-15-12(9)16(6-5-13)11-3-2-4-11/h7-8,11H,2-6H2,1H3. The Morgan fingerprint density at radius 3 is 2.75 bits per heavy atom. The first-order valence-electron chi connectivity index (χ1n) is 5.67. The number of hydrogen-bond donors (Lipinski definition) is 0. The lowest BCUT2D eigenvalue weighted by Crippen LogP contribution is -2.42. The number of rotatable bonds is 4. The Balaban J connectivity index is 2.23. The Hall–Kier alpha value is -0.0900. The van der Waals surface area contributed by atoms with Gasteiger partial charge in [-0.1, -0.05) is 15.9 Å². The topological polar surface area (TPSA) is 16.1 Å². The highest BCUT2D eigenvalue weighted by Gasteiger charge is 2.26. The summed E-state index contributed by atoms with van der Waals surface area (Å²) in [6.07, 6.45) is 5.87. The van der Waals surface area contributed by atoms with Crippen molar-refractivity contribution in [2.45, 2.75) is 32.2 Å². The van der Waals surface area contributed by atoms with Crippen LogP contribution < -0.4 is 4.90 Å². The molecule has 1 aliphatic rings. The Kier molecular flexibility index (Phi) is 4.25. The van der Waals surface area contributed by atoms with E-state index in [1.54, 1.807) is 0 Å². The van der Waals surface area contributed by atoms with Gasteiger partial charge in [-0.25, -0.2) is 4.98 Å². The normalized spacial score (nSPS) is 15.9. The van der Waals surface area contributed by atoms with Gasteiger partial charge in [-0.3, -0.25) is 0 Å². The summed E-state index contributed by atoms with van der Waals surface area (Å²) in [5.74, 6) is 1.15. The second kappa shape index (κ2) is 5.50. The minimum Gasteiger partial charge on any atom is -0.353 e. The van der Waals surface area contributed by atoms with Crippen LogP contribution in [0, 0.1) is 6.92 Å². The van der Waals surface area contributed by atoms with Crippen LogP contribution in [0.2, 0.25) is 0 Å². The highest BCUT2D eigenvalue weighted by Crippen LogP contribution is 2.30. The smallest absolute Gasteiger partial charge is 0.131 e. The van der Waals surface area contributed by atoms with Gasteiger partial charge in [0.2, 0.25) is 0 Å². The van der Waals surface area contributed by atoms with Gasteiger partial charge in [0.15, 0.2) is 0 Å². The van der Waals surface area contributed by atoms with Gasteiger partial charge in [-0.2, -0.15) is 0 Å². The zero-order valence-electron chi connectivity index (χ0n) is 9.42. The van der Waals surface area contributed by atoms with Gasteiger partial charge < -0.3 is 4.90 Å². The summed E-state index contributed by atoms with van der Waals surface area (Å²) >= 11 is 6.99. The zero-order valence-corrected chi connectivity index (χ0v) is 12.6. The molecule has 2 nitrogen and oxygen atoms in total. The van der Waals surface area contributed by atoms with E-state index >= 15 is 0 Å². The molecule has 4 heteroatoms. The fraction of sp³-hybridized carbons (Fsp3) is 0.583. The van der Waals surface area contributed by atoms with E-state index in [-0.39, 0.29) is 0 Å². The molecule has 1 aromatic heterocycles. The number of aromatic nitrogens is 1. The average Bonchev–Trinajstić information content (AvgIpc) is 2.14. The van der Waals surface area contributed by atoms with Gasteiger partial charge in [0, 0.05) is 28.6 Å². The van der Waals surface area contributed by atoms with Crippen LogP contribution in [0.4, 0.5) is 5.82 Å². The monoisotopic (exact) mass is 346 g/mol. The van der Waals surface area contributed by atoms with Crippen LogP contribution in [0.15, 0.2) is 16.7 Å². The molecule has 0 radical (unpaired) electrons. The Morgan fingerprint density at radius 1 is 1.50 bits per heavy atom. The number of alkyl halides is 1. The van der Waals surface area contributed by atoms with Crippen LogP contribution in [0.1, 0.15) is 24.8 Å². The third kappa shape index (κ3) is 2.59. The van der Waals surface area contributed by atoms with Crippen LogP contribution in [0.3, 0.4) is 0 Å². The lowest BCUT2D eigenvalue weighted by Gasteiger charge is -2.38. The van der Waals surface area contributed by atoms with Crippen molar-refractivity contribution < 1.29 is 0 Å². The highest BCUT2D eigenvalue weighted by molar-refractivity contribution is 9.10. The fourth-order valence-electron chi connectivity index (χ4n) is 2.08. The second-order valence-corrected chi connectivity index (χ2v) is 5.97. The van der Waals surface area contributed by atoms with Crippen molar-refractivity contribution >= 4 is 37.7 Å². The summed E-state index contributed by atoms with van der Waals surface area (Å²) in [6, 6.07) is 2.84. The molecule has 0 aliphatic heterocycles. The van der Waals surface area contributed by atoms with Crippen molar-refractivity contribution in [2.75, 3.05) is 16.8 Å². The lowest BCUT2D eigenvalue weighted by molar-refractivity contribution is 0.388. The Labute approximate surface area is 114 Å². The molecular formula is C12H16Br2N2. The Morgan fingerprint density at radius 2 is 2.25 bits per heavy atom. The number of aryl methyl sites for hydroxylation is 1. The van der Waals surface area contributed by atoms with E-state index in [1.165, 1.54) is 24.8 Å². The minimum atomic E-state index is 0.699. The summed E-state index contributed by atoms with van der Waals surface area (Å²) in [7, 11) is 0. The average molecular weight is 348 g/mol. The highest BCUT2D eigenvalue weighted by atomic mass is 79.9. The molecule has 0 spiro atoms. The maximum atomic E-state index is 4.56. The summed E-state index contributed by atoms with van der Waals surface area (Å²) in [6.45, 7) is 3.17. The molecule has 1 heterocycles. The van der Waals surface area contributed by atoms with Gasteiger partial charge in [0.25, 0.3) is 0 Å². The van der Waals surface area contributed by atoms with Crippen molar-refractivity contribution in [3.63, 3.8) is 0 Å². The summed E-state index contributed by atoms with van der Waals surface area (Å²) in [4.78, 5) is 7.00. The molecule has 0 unspecified atom stereocenters. The molecule has 0 aromatic carbocycles. The molecule has 2 rings (SSSR count). The van der Waals surface area contributed by atoms with E-state index in [9.17, 15) is 0 Å². The maximum absolute atomic E-state index is 4.56. The number of halogens is 2. The quantitative estimate of drug-likeness (QED) is 0.768. The predicted octanol–water partition coefficient (Wildman–Crippen LogP) is 3.91. The lowest BCUT2D eigenvalue weighted by atomic mass is 9.91.